The predicted octanol–water partition coefficient (Wildman–Crippen LogP) is 7.87. The van der Waals surface area contributed by atoms with Gasteiger partial charge in [0.25, 0.3) is 0 Å². The number of allylic oxidation sites excluding steroid dienone is 4. The Hall–Kier alpha value is -1.66. The maximum atomic E-state index is 9.84. The van der Waals surface area contributed by atoms with Crippen LogP contribution in [0.3, 0.4) is 0 Å². The van der Waals surface area contributed by atoms with Crippen LogP contribution < -0.4 is 0 Å². The van der Waals surface area contributed by atoms with Crippen molar-refractivity contribution in [2.45, 2.75) is 104 Å². The summed E-state index contributed by atoms with van der Waals surface area (Å²) in [5, 5.41) is 19.7. The van der Waals surface area contributed by atoms with Crippen LogP contribution in [-0.2, 0) is 9.16 Å². The molecule has 4 nitrogen and oxygen atoms in total. The molecule has 5 heteroatoms. The fourth-order valence-electron chi connectivity index (χ4n) is 5.48. The minimum absolute atomic E-state index is 0.129. The molecule has 1 aliphatic carbocycles. The van der Waals surface area contributed by atoms with Crippen molar-refractivity contribution in [1.29, 1.82) is 10.5 Å². The first-order valence-corrected chi connectivity index (χ1v) is 14.6. The Morgan fingerprint density at radius 3 is 2.12 bits per heavy atom. The summed E-state index contributed by atoms with van der Waals surface area (Å²) >= 11 is 0. The van der Waals surface area contributed by atoms with Crippen molar-refractivity contribution in [2.24, 2.45) is 11.3 Å². The molecule has 0 aromatic rings. The Morgan fingerprint density at radius 2 is 1.64 bits per heavy atom. The molecule has 33 heavy (non-hydrogen) atoms. The van der Waals surface area contributed by atoms with Crippen LogP contribution in [0.1, 0.15) is 81.1 Å². The number of methoxy groups -OCH3 is 1. The van der Waals surface area contributed by atoms with Gasteiger partial charge < -0.3 is 9.16 Å². The molecule has 2 atom stereocenters. The molecular formula is C28H46N2O2Si. The van der Waals surface area contributed by atoms with Gasteiger partial charge in [0.15, 0.2) is 5.41 Å². The second kappa shape index (κ2) is 13.3. The molecular weight excluding hydrogens is 424 g/mol. The van der Waals surface area contributed by atoms with E-state index in [0.717, 1.165) is 18.4 Å². The summed E-state index contributed by atoms with van der Waals surface area (Å²) in [5.74, 6) is 0.272. The monoisotopic (exact) mass is 470 g/mol. The molecule has 1 rings (SSSR count). The van der Waals surface area contributed by atoms with Gasteiger partial charge in [-0.2, -0.15) is 10.5 Å². The van der Waals surface area contributed by atoms with E-state index in [1.165, 1.54) is 5.57 Å². The number of hydrogen-bond donors (Lipinski definition) is 0. The van der Waals surface area contributed by atoms with Crippen molar-refractivity contribution in [3.8, 4) is 12.1 Å². The van der Waals surface area contributed by atoms with E-state index in [1.54, 1.807) is 7.11 Å². The van der Waals surface area contributed by atoms with Crippen LogP contribution in [0.2, 0.25) is 16.6 Å². The van der Waals surface area contributed by atoms with Crippen molar-refractivity contribution in [3.63, 3.8) is 0 Å². The lowest BCUT2D eigenvalue weighted by Gasteiger charge is -2.45. The molecule has 0 aromatic heterocycles. The Kier molecular flexibility index (Phi) is 11.8. The highest BCUT2D eigenvalue weighted by Crippen LogP contribution is 2.44. The highest BCUT2D eigenvalue weighted by Gasteiger charge is 2.47. The molecule has 0 unspecified atom stereocenters. The van der Waals surface area contributed by atoms with Gasteiger partial charge in [0.05, 0.1) is 24.8 Å². The summed E-state index contributed by atoms with van der Waals surface area (Å²) in [5.41, 5.74) is 2.81. The summed E-state index contributed by atoms with van der Waals surface area (Å²) in [6.45, 7) is 18.8. The van der Waals surface area contributed by atoms with Crippen molar-refractivity contribution >= 4 is 8.32 Å². The fourth-order valence-corrected chi connectivity index (χ4v) is 11.2. The van der Waals surface area contributed by atoms with Gasteiger partial charge in [-0.25, -0.2) is 0 Å². The highest BCUT2D eigenvalue weighted by molar-refractivity contribution is 6.77. The van der Waals surface area contributed by atoms with E-state index in [4.69, 9.17) is 9.16 Å². The number of nitrogens with zero attached hydrogens (tertiary/aromatic N) is 2. The number of ether oxygens (including phenoxy) is 1. The van der Waals surface area contributed by atoms with E-state index >= 15 is 0 Å². The summed E-state index contributed by atoms with van der Waals surface area (Å²) in [7, 11) is -0.351. The van der Waals surface area contributed by atoms with E-state index in [0.29, 0.717) is 36.1 Å². The molecule has 0 aromatic carbocycles. The average molecular weight is 471 g/mol. The second-order valence-electron chi connectivity index (χ2n) is 10.7. The zero-order chi connectivity index (χ0) is 25.2. The van der Waals surface area contributed by atoms with E-state index in [-0.39, 0.29) is 12.0 Å². The Bertz CT molecular complexity index is 760. The molecule has 0 N–H and O–H groups in total. The van der Waals surface area contributed by atoms with Gasteiger partial charge in [0.1, 0.15) is 0 Å². The van der Waals surface area contributed by atoms with E-state index in [1.807, 2.05) is 12.2 Å². The van der Waals surface area contributed by atoms with Crippen molar-refractivity contribution in [3.05, 3.63) is 35.5 Å². The first-order chi connectivity index (χ1) is 15.5. The van der Waals surface area contributed by atoms with Gasteiger partial charge in [-0.3, -0.25) is 0 Å². The average Bonchev–Trinajstić information content (AvgIpc) is 2.76. The Balaban J connectivity index is 3.45. The quantitative estimate of drug-likeness (QED) is 0.280. The first-order valence-electron chi connectivity index (χ1n) is 12.5. The van der Waals surface area contributed by atoms with Crippen LogP contribution in [0, 0.1) is 34.0 Å². The number of hydrogen-bond acceptors (Lipinski definition) is 4. The van der Waals surface area contributed by atoms with E-state index in [9.17, 15) is 10.5 Å². The van der Waals surface area contributed by atoms with Gasteiger partial charge >= 0.3 is 0 Å². The fraction of sp³-hybridized carbons (Fsp3) is 0.714. The summed E-state index contributed by atoms with van der Waals surface area (Å²) in [4.78, 5) is 0. The van der Waals surface area contributed by atoms with Crippen LogP contribution in [0.5, 0.6) is 0 Å². The minimum Gasteiger partial charge on any atom is -0.413 e. The second-order valence-corrected chi connectivity index (χ2v) is 16.1. The van der Waals surface area contributed by atoms with Crippen molar-refractivity contribution in [2.75, 3.05) is 13.7 Å². The molecule has 0 aliphatic heterocycles. The predicted molar refractivity (Wildman–Crippen MR) is 140 cm³/mol. The molecule has 0 heterocycles. The lowest BCUT2D eigenvalue weighted by atomic mass is 9.79. The smallest absolute Gasteiger partial charge is 0.200 e. The maximum absolute atomic E-state index is 9.84. The lowest BCUT2D eigenvalue weighted by molar-refractivity contribution is 0.130. The third kappa shape index (κ3) is 7.41. The lowest BCUT2D eigenvalue weighted by Crippen LogP contribution is -2.51. The largest absolute Gasteiger partial charge is 0.413 e. The minimum atomic E-state index is -2.02. The summed E-state index contributed by atoms with van der Waals surface area (Å²) in [6, 6.07) is 4.57. The summed E-state index contributed by atoms with van der Waals surface area (Å²) in [6.07, 6.45) is 10.9. The molecule has 0 amide bonds. The van der Waals surface area contributed by atoms with E-state index in [2.05, 4.69) is 79.7 Å². The van der Waals surface area contributed by atoms with Crippen LogP contribution in [0.15, 0.2) is 35.5 Å². The molecule has 0 bridgehead atoms. The zero-order valence-electron chi connectivity index (χ0n) is 22.4. The van der Waals surface area contributed by atoms with E-state index < -0.39 is 13.7 Å². The highest BCUT2D eigenvalue weighted by atomic mass is 28.4. The summed E-state index contributed by atoms with van der Waals surface area (Å²) < 4.78 is 12.7. The van der Waals surface area contributed by atoms with Gasteiger partial charge in [0, 0.05) is 13.5 Å². The number of nitriles is 2. The molecule has 0 fully saturated rings. The maximum Gasteiger partial charge on any atom is 0.200 e. The van der Waals surface area contributed by atoms with Gasteiger partial charge in [0.2, 0.25) is 8.32 Å². The van der Waals surface area contributed by atoms with Gasteiger partial charge in [-0.1, -0.05) is 78.3 Å². The molecule has 0 spiro atoms. The topological polar surface area (TPSA) is 66.0 Å². The molecule has 0 saturated carbocycles. The van der Waals surface area contributed by atoms with Gasteiger partial charge in [-0.05, 0) is 54.3 Å². The SMILES string of the molecule is COC/C1=C(\C)CC[C@H](O[Si](C(C)C)(C(C)C)C(C)C)[C@@H](C)/C=C/C=C\CC(C#N)(C#N)C1. The molecule has 0 radical (unpaired) electrons. The third-order valence-corrected chi connectivity index (χ3v) is 13.6. The van der Waals surface area contributed by atoms with Gasteiger partial charge in [-0.15, -0.1) is 0 Å². The molecule has 1 aliphatic rings. The van der Waals surface area contributed by atoms with Crippen LogP contribution in [0.25, 0.3) is 0 Å². The van der Waals surface area contributed by atoms with Crippen LogP contribution >= 0.6 is 0 Å². The molecule has 0 saturated heterocycles. The molecule has 184 valence electrons. The Morgan fingerprint density at radius 1 is 1.06 bits per heavy atom. The third-order valence-electron chi connectivity index (χ3n) is 7.45. The van der Waals surface area contributed by atoms with Crippen molar-refractivity contribution < 1.29 is 9.16 Å². The Labute approximate surface area is 204 Å². The first kappa shape index (κ1) is 29.4. The van der Waals surface area contributed by atoms with Crippen LogP contribution in [-0.4, -0.2) is 28.1 Å². The normalized spacial score (nSPS) is 26.7. The zero-order valence-corrected chi connectivity index (χ0v) is 23.4. The number of rotatable bonds is 7. The van der Waals surface area contributed by atoms with Crippen LogP contribution in [0.4, 0.5) is 0 Å². The van der Waals surface area contributed by atoms with Crippen molar-refractivity contribution in [1.82, 2.24) is 0 Å². The standard InChI is InChI=1S/C28H46N2O2Si/c1-21(2)33(22(3)4,23(5)6)32-27-15-14-24(7)26(18-31-9)17-28(19-29,20-30)16-12-10-11-13-25(27)8/h10-13,21-23,25,27H,14-18H2,1-9H3/b12-10-,13-11+,26-24+/t25-,27-/m0/s1.